The van der Waals surface area contributed by atoms with Crippen LogP contribution in [0.5, 0.6) is 0 Å². The summed E-state index contributed by atoms with van der Waals surface area (Å²) in [4.78, 5) is 0. The van der Waals surface area contributed by atoms with Gasteiger partial charge >= 0.3 is 0 Å². The molecule has 1 aromatic heterocycles. The fourth-order valence-electron chi connectivity index (χ4n) is 1.93. The topological polar surface area (TPSA) is 64.9 Å². The lowest BCUT2D eigenvalue weighted by Crippen LogP contribution is -2.11. The van der Waals surface area contributed by atoms with E-state index in [0.29, 0.717) is 27.4 Å². The lowest BCUT2D eigenvalue weighted by molar-refractivity contribution is 0.484. The van der Waals surface area contributed by atoms with Gasteiger partial charge in [-0.05, 0) is 23.8 Å². The molecule has 0 aliphatic heterocycles. The van der Waals surface area contributed by atoms with E-state index in [1.807, 2.05) is 30.3 Å². The predicted octanol–water partition coefficient (Wildman–Crippen LogP) is 4.09. The molecule has 21 heavy (non-hydrogen) atoms. The van der Waals surface area contributed by atoms with Crippen LogP contribution in [-0.2, 0) is 0 Å². The number of rotatable bonds is 3. The van der Waals surface area contributed by atoms with Crippen LogP contribution >= 0.6 is 23.2 Å². The van der Waals surface area contributed by atoms with E-state index in [0.717, 1.165) is 5.56 Å². The first-order valence-corrected chi connectivity index (χ1v) is 7.00. The summed E-state index contributed by atoms with van der Waals surface area (Å²) >= 11 is 12.1. The Morgan fingerprint density at radius 1 is 1.00 bits per heavy atom. The molecule has 2 N–H and O–H groups in total. The van der Waals surface area contributed by atoms with E-state index in [9.17, 15) is 0 Å². The first-order chi connectivity index (χ1) is 10.1. The Morgan fingerprint density at radius 3 is 2.52 bits per heavy atom. The monoisotopic (exact) mass is 319 g/mol. The number of nitrogens with zero attached hydrogens (tertiary/aromatic N) is 2. The molecule has 0 aliphatic rings. The molecule has 0 bridgehead atoms. The van der Waals surface area contributed by atoms with Crippen molar-refractivity contribution in [1.82, 2.24) is 10.2 Å². The van der Waals surface area contributed by atoms with Gasteiger partial charge < -0.3 is 10.2 Å². The van der Waals surface area contributed by atoms with Gasteiger partial charge in [0.1, 0.15) is 6.04 Å². The molecule has 1 heterocycles. The Labute approximate surface area is 131 Å². The Bertz CT molecular complexity index is 759. The van der Waals surface area contributed by atoms with E-state index in [2.05, 4.69) is 10.2 Å². The van der Waals surface area contributed by atoms with Crippen molar-refractivity contribution in [2.75, 3.05) is 0 Å². The van der Waals surface area contributed by atoms with Crippen molar-refractivity contribution in [3.63, 3.8) is 0 Å². The average Bonchev–Trinajstić information content (AvgIpc) is 2.99. The van der Waals surface area contributed by atoms with Crippen molar-refractivity contribution in [1.29, 1.82) is 0 Å². The number of nitrogens with two attached hydrogens (primary N) is 1. The van der Waals surface area contributed by atoms with Gasteiger partial charge in [0, 0.05) is 5.02 Å². The Kier molecular flexibility index (Phi) is 3.92. The van der Waals surface area contributed by atoms with Gasteiger partial charge in [0.05, 0.1) is 10.6 Å². The van der Waals surface area contributed by atoms with Crippen LogP contribution < -0.4 is 5.73 Å². The molecule has 0 saturated heterocycles. The molecule has 1 atom stereocenters. The van der Waals surface area contributed by atoms with E-state index in [4.69, 9.17) is 33.4 Å². The third-order valence-electron chi connectivity index (χ3n) is 3.02. The molecule has 0 amide bonds. The highest BCUT2D eigenvalue weighted by atomic mass is 35.5. The molecule has 0 spiro atoms. The minimum Gasteiger partial charge on any atom is -0.419 e. The maximum absolute atomic E-state index is 6.12. The zero-order valence-electron chi connectivity index (χ0n) is 10.8. The first-order valence-electron chi connectivity index (χ1n) is 6.24. The van der Waals surface area contributed by atoms with E-state index in [1.165, 1.54) is 0 Å². The molecule has 0 saturated carbocycles. The van der Waals surface area contributed by atoms with Crippen molar-refractivity contribution >= 4 is 23.2 Å². The molecule has 6 heteroatoms. The van der Waals surface area contributed by atoms with Gasteiger partial charge in [-0.25, -0.2) is 0 Å². The summed E-state index contributed by atoms with van der Waals surface area (Å²) in [6.45, 7) is 0. The van der Waals surface area contributed by atoms with Crippen molar-refractivity contribution in [3.8, 4) is 11.5 Å². The standard InChI is InChI=1S/C15H11Cl2N3O/c16-10-6-7-12(17)11(8-10)14-19-20-15(21-14)13(18)9-4-2-1-3-5-9/h1-8,13H,18H2. The van der Waals surface area contributed by atoms with Crippen LogP contribution in [0.25, 0.3) is 11.5 Å². The average molecular weight is 320 g/mol. The summed E-state index contributed by atoms with van der Waals surface area (Å²) in [5.74, 6) is 0.621. The van der Waals surface area contributed by atoms with Gasteiger partial charge in [0.2, 0.25) is 11.8 Å². The van der Waals surface area contributed by atoms with Crippen LogP contribution in [0.1, 0.15) is 17.5 Å². The Balaban J connectivity index is 1.95. The van der Waals surface area contributed by atoms with Crippen LogP contribution in [0.3, 0.4) is 0 Å². The smallest absolute Gasteiger partial charge is 0.249 e. The summed E-state index contributed by atoms with van der Waals surface area (Å²) in [5.41, 5.74) is 7.60. The van der Waals surface area contributed by atoms with Gasteiger partial charge in [-0.1, -0.05) is 53.5 Å². The predicted molar refractivity (Wildman–Crippen MR) is 82.2 cm³/mol. The summed E-state index contributed by atoms with van der Waals surface area (Å²) in [7, 11) is 0. The largest absolute Gasteiger partial charge is 0.419 e. The van der Waals surface area contributed by atoms with E-state index in [-0.39, 0.29) is 0 Å². The summed E-state index contributed by atoms with van der Waals surface area (Å²) in [5, 5.41) is 9.02. The maximum atomic E-state index is 6.12. The zero-order valence-corrected chi connectivity index (χ0v) is 12.3. The molecular formula is C15H11Cl2N3O. The van der Waals surface area contributed by atoms with E-state index >= 15 is 0 Å². The van der Waals surface area contributed by atoms with Crippen LogP contribution in [0.15, 0.2) is 52.9 Å². The van der Waals surface area contributed by atoms with Crippen molar-refractivity contribution in [2.45, 2.75) is 6.04 Å². The quantitative estimate of drug-likeness (QED) is 0.789. The minimum absolute atomic E-state index is 0.295. The third kappa shape index (κ3) is 2.93. The van der Waals surface area contributed by atoms with Crippen molar-refractivity contribution in [2.24, 2.45) is 5.73 Å². The SMILES string of the molecule is NC(c1ccccc1)c1nnc(-c2cc(Cl)ccc2Cl)o1. The fourth-order valence-corrected chi connectivity index (χ4v) is 2.30. The molecule has 1 unspecified atom stereocenters. The van der Waals surface area contributed by atoms with Crippen LogP contribution in [0.2, 0.25) is 10.0 Å². The molecule has 0 radical (unpaired) electrons. The molecule has 0 fully saturated rings. The van der Waals surface area contributed by atoms with Crippen LogP contribution in [0.4, 0.5) is 0 Å². The zero-order chi connectivity index (χ0) is 14.8. The van der Waals surface area contributed by atoms with Gasteiger partial charge in [-0.15, -0.1) is 10.2 Å². The van der Waals surface area contributed by atoms with Crippen molar-refractivity contribution in [3.05, 3.63) is 70.0 Å². The molecule has 3 rings (SSSR count). The molecular weight excluding hydrogens is 309 g/mol. The van der Waals surface area contributed by atoms with Gasteiger partial charge in [0.15, 0.2) is 0 Å². The van der Waals surface area contributed by atoms with Crippen molar-refractivity contribution < 1.29 is 4.42 Å². The Hall–Kier alpha value is -1.88. The summed E-state index contributed by atoms with van der Waals surface area (Å²) in [6, 6.07) is 14.1. The lowest BCUT2D eigenvalue weighted by atomic mass is 10.1. The summed E-state index contributed by atoms with van der Waals surface area (Å²) in [6.07, 6.45) is 0. The number of hydrogen-bond donors (Lipinski definition) is 1. The Morgan fingerprint density at radius 2 is 1.76 bits per heavy atom. The fraction of sp³-hybridized carbons (Fsp3) is 0.0667. The molecule has 3 aromatic rings. The molecule has 2 aromatic carbocycles. The molecule has 0 aliphatic carbocycles. The maximum Gasteiger partial charge on any atom is 0.249 e. The normalized spacial score (nSPS) is 12.3. The van der Waals surface area contributed by atoms with Gasteiger partial charge in [-0.2, -0.15) is 0 Å². The van der Waals surface area contributed by atoms with Gasteiger partial charge in [0.25, 0.3) is 0 Å². The third-order valence-corrected chi connectivity index (χ3v) is 3.59. The lowest BCUT2D eigenvalue weighted by Gasteiger charge is -2.06. The van der Waals surface area contributed by atoms with Crippen LogP contribution in [-0.4, -0.2) is 10.2 Å². The van der Waals surface area contributed by atoms with E-state index in [1.54, 1.807) is 18.2 Å². The highest BCUT2D eigenvalue weighted by molar-refractivity contribution is 6.35. The first kappa shape index (κ1) is 14.1. The highest BCUT2D eigenvalue weighted by Gasteiger charge is 2.18. The van der Waals surface area contributed by atoms with Gasteiger partial charge in [-0.3, -0.25) is 0 Å². The van der Waals surface area contributed by atoms with Crippen LogP contribution in [0, 0.1) is 0 Å². The highest BCUT2D eigenvalue weighted by Crippen LogP contribution is 2.30. The number of benzene rings is 2. The number of hydrogen-bond acceptors (Lipinski definition) is 4. The second kappa shape index (κ2) is 5.85. The molecule has 106 valence electrons. The second-order valence-electron chi connectivity index (χ2n) is 4.46. The summed E-state index contributed by atoms with van der Waals surface area (Å²) < 4.78 is 5.63. The number of aromatic nitrogens is 2. The second-order valence-corrected chi connectivity index (χ2v) is 5.30. The van der Waals surface area contributed by atoms with E-state index < -0.39 is 6.04 Å². The minimum atomic E-state index is -0.481. The molecule has 4 nitrogen and oxygen atoms in total. The number of halogens is 2.